The quantitative estimate of drug-likeness (QED) is 0.0547. The van der Waals surface area contributed by atoms with Crippen LogP contribution in [-0.4, -0.2) is 36.5 Å². The summed E-state index contributed by atoms with van der Waals surface area (Å²) >= 11 is 0. The van der Waals surface area contributed by atoms with Gasteiger partial charge < -0.3 is 23.4 Å². The van der Waals surface area contributed by atoms with Gasteiger partial charge in [0.15, 0.2) is 0 Å². The summed E-state index contributed by atoms with van der Waals surface area (Å²) in [5, 5.41) is 6.65. The highest BCUT2D eigenvalue weighted by Gasteiger charge is 2.37. The van der Waals surface area contributed by atoms with Crippen LogP contribution in [0.15, 0.2) is 115 Å². The second kappa shape index (κ2) is 20.9. The van der Waals surface area contributed by atoms with Crippen LogP contribution in [0.1, 0.15) is 64.9 Å². The summed E-state index contributed by atoms with van der Waals surface area (Å²) in [5.41, 5.74) is 2.68. The van der Waals surface area contributed by atoms with Crippen molar-refractivity contribution in [1.82, 2.24) is 0 Å². The predicted octanol–water partition coefficient (Wildman–Crippen LogP) is 11.0. The van der Waals surface area contributed by atoms with Crippen molar-refractivity contribution in [2.45, 2.75) is 84.4 Å². The zero-order chi connectivity index (χ0) is 39.2. The molecule has 55 heavy (non-hydrogen) atoms. The van der Waals surface area contributed by atoms with E-state index in [1.54, 1.807) is 33.6 Å². The minimum atomic E-state index is -1.75. The molecule has 0 aliphatic heterocycles. The fourth-order valence-corrected chi connectivity index (χ4v) is 19.5. The van der Waals surface area contributed by atoms with Crippen LogP contribution >= 0.6 is 16.1 Å². The molecule has 8 heteroatoms. The van der Waals surface area contributed by atoms with Crippen molar-refractivity contribution < 1.29 is 18.9 Å². The van der Waals surface area contributed by atoms with E-state index in [0.717, 1.165) is 23.0 Å². The Morgan fingerprint density at radius 2 is 0.764 bits per heavy atom. The maximum Gasteiger partial charge on any atom is 0.118 e. The van der Waals surface area contributed by atoms with Crippen LogP contribution in [0.4, 0.5) is 5.69 Å². The average molecular weight is 794 g/mol. The molecule has 0 radical (unpaired) electrons. The van der Waals surface area contributed by atoms with E-state index in [2.05, 4.69) is 147 Å². The number of unbranched alkanes of at least 4 members (excludes halogenated alkanes) is 3. The van der Waals surface area contributed by atoms with Gasteiger partial charge >= 0.3 is 0 Å². The van der Waals surface area contributed by atoms with Crippen LogP contribution in [0.5, 0.6) is 23.0 Å². The first-order valence-corrected chi connectivity index (χ1v) is 25.1. The second-order valence-corrected chi connectivity index (χ2v) is 23.3. The fraction of sp³-hybridized carbons (Fsp3) is 0.362. The Balaban J connectivity index is 1.82. The number of aryl methyl sites for hydroxylation is 1. The van der Waals surface area contributed by atoms with E-state index in [4.69, 9.17) is 18.9 Å². The standard InChI is InChI=1S/C47H61NO4P2Si/c1-9-12-33-55(34-13-10-2,35-14-11-3)47-32-15-38(36-37(47)4)48(53(43-24-16-39(49-5)17-25-43)44-26-18-40(50-6)19-27-44)54(45-28-20-41(51-7)21-29-45)46-30-22-42(52-8)23-31-46/h15-32,36H,9-14,33-35H2,1-8H3. The largest absolute Gasteiger partial charge is 0.497 e. The summed E-state index contributed by atoms with van der Waals surface area (Å²) in [6.45, 7) is 9.46. The lowest BCUT2D eigenvalue weighted by molar-refractivity contribution is 0.415. The molecule has 0 aliphatic carbocycles. The Labute approximate surface area is 335 Å². The Morgan fingerprint density at radius 3 is 1.02 bits per heavy atom. The van der Waals surface area contributed by atoms with Gasteiger partial charge in [-0.1, -0.05) is 88.7 Å². The van der Waals surface area contributed by atoms with Crippen molar-refractivity contribution in [3.05, 3.63) is 121 Å². The molecule has 5 nitrogen and oxygen atoms in total. The summed E-state index contributed by atoms with van der Waals surface area (Å²) in [5.74, 6) is 3.39. The lowest BCUT2D eigenvalue weighted by Crippen LogP contribution is -2.49. The van der Waals surface area contributed by atoms with Crippen molar-refractivity contribution in [1.29, 1.82) is 0 Å². The normalized spacial score (nSPS) is 11.5. The second-order valence-electron chi connectivity index (χ2n) is 14.3. The molecule has 292 valence electrons. The van der Waals surface area contributed by atoms with Crippen LogP contribution in [0.3, 0.4) is 0 Å². The number of anilines is 1. The maximum absolute atomic E-state index is 5.67. The summed E-state index contributed by atoms with van der Waals surface area (Å²) in [4.78, 5) is 0. The molecule has 0 heterocycles. The lowest BCUT2D eigenvalue weighted by atomic mass is 10.2. The van der Waals surface area contributed by atoms with Crippen molar-refractivity contribution in [3.63, 3.8) is 0 Å². The number of hydrogen-bond acceptors (Lipinski definition) is 5. The average Bonchev–Trinajstić information content (AvgIpc) is 3.24. The van der Waals surface area contributed by atoms with Crippen LogP contribution in [0.2, 0.25) is 18.1 Å². The van der Waals surface area contributed by atoms with Crippen molar-refractivity contribution in [2.75, 3.05) is 32.9 Å². The van der Waals surface area contributed by atoms with Crippen LogP contribution < -0.4 is 49.8 Å². The van der Waals surface area contributed by atoms with E-state index in [0.29, 0.717) is 0 Å². The van der Waals surface area contributed by atoms with Gasteiger partial charge in [-0.2, -0.15) is 0 Å². The van der Waals surface area contributed by atoms with E-state index in [9.17, 15) is 0 Å². The molecule has 0 spiro atoms. The molecule has 0 unspecified atom stereocenters. The van der Waals surface area contributed by atoms with E-state index in [1.807, 2.05) is 0 Å². The minimum absolute atomic E-state index is 0.847. The first kappa shape index (κ1) is 42.3. The SMILES string of the molecule is CCCC[Si](CCCC)(CCCC)c1ccc(N(P(c2ccc(OC)cc2)c2ccc(OC)cc2)P(c2ccc(OC)cc2)c2ccc(OC)cc2)cc1C. The number of methoxy groups -OCH3 is 4. The first-order chi connectivity index (χ1) is 26.8. The van der Waals surface area contributed by atoms with Crippen LogP contribution in [0, 0.1) is 6.92 Å². The van der Waals surface area contributed by atoms with E-state index in [-0.39, 0.29) is 0 Å². The topological polar surface area (TPSA) is 40.2 Å². The van der Waals surface area contributed by atoms with E-state index in [1.165, 1.54) is 89.1 Å². The number of rotatable bonds is 21. The fourth-order valence-electron chi connectivity index (χ4n) is 7.64. The van der Waals surface area contributed by atoms with Crippen molar-refractivity contribution in [2.24, 2.45) is 0 Å². The molecule has 0 bridgehead atoms. The summed E-state index contributed by atoms with van der Waals surface area (Å²) in [7, 11) is 2.95. The Hall–Kier alpha value is -3.82. The zero-order valence-corrected chi connectivity index (χ0v) is 37.1. The number of hydrogen-bond donors (Lipinski definition) is 0. The molecule has 0 fully saturated rings. The first-order valence-electron chi connectivity index (χ1n) is 19.9. The molecular weight excluding hydrogens is 733 g/mol. The molecule has 0 amide bonds. The third kappa shape index (κ3) is 10.3. The Kier molecular flexibility index (Phi) is 16.1. The van der Waals surface area contributed by atoms with Gasteiger partial charge in [0, 0.05) is 26.9 Å². The third-order valence-corrected chi connectivity index (χ3v) is 21.8. The molecular formula is C47H61NO4P2Si. The van der Waals surface area contributed by atoms with Gasteiger partial charge in [0.2, 0.25) is 0 Å². The Bertz CT molecular complexity index is 1670. The van der Waals surface area contributed by atoms with Gasteiger partial charge in [-0.3, -0.25) is 0 Å². The highest BCUT2D eigenvalue weighted by molar-refractivity contribution is 7.90. The van der Waals surface area contributed by atoms with Gasteiger partial charge in [-0.25, -0.2) is 0 Å². The molecule has 0 saturated heterocycles. The highest BCUT2D eigenvalue weighted by atomic mass is 31.2. The van der Waals surface area contributed by atoms with Gasteiger partial charge in [0.1, 0.15) is 23.0 Å². The highest BCUT2D eigenvalue weighted by Crippen LogP contribution is 2.57. The van der Waals surface area contributed by atoms with Crippen LogP contribution in [-0.2, 0) is 0 Å². The number of nitrogens with zero attached hydrogens (tertiary/aromatic N) is 1. The molecule has 0 aliphatic rings. The van der Waals surface area contributed by atoms with E-state index < -0.39 is 24.2 Å². The minimum Gasteiger partial charge on any atom is -0.497 e. The van der Waals surface area contributed by atoms with E-state index >= 15 is 0 Å². The number of benzene rings is 5. The molecule has 0 saturated carbocycles. The number of ether oxygens (including phenoxy) is 4. The van der Waals surface area contributed by atoms with Gasteiger partial charge in [0.05, 0.1) is 52.7 Å². The summed E-state index contributed by atoms with van der Waals surface area (Å²) < 4.78 is 25.4. The maximum atomic E-state index is 5.67. The summed E-state index contributed by atoms with van der Waals surface area (Å²) in [6, 6.07) is 46.4. The van der Waals surface area contributed by atoms with Crippen molar-refractivity contribution >= 4 is 56.3 Å². The summed E-state index contributed by atoms with van der Waals surface area (Å²) in [6.07, 6.45) is 7.69. The third-order valence-electron chi connectivity index (χ3n) is 10.7. The molecule has 5 rings (SSSR count). The molecule has 0 atom stereocenters. The predicted molar refractivity (Wildman–Crippen MR) is 243 cm³/mol. The molecule has 0 aromatic heterocycles. The Morgan fingerprint density at radius 1 is 0.455 bits per heavy atom. The van der Waals surface area contributed by atoms with Gasteiger partial charge in [-0.05, 0) is 122 Å². The van der Waals surface area contributed by atoms with Gasteiger partial charge in [-0.15, -0.1) is 0 Å². The molecule has 0 N–H and O–H groups in total. The monoisotopic (exact) mass is 793 g/mol. The van der Waals surface area contributed by atoms with Crippen molar-refractivity contribution in [3.8, 4) is 23.0 Å². The zero-order valence-electron chi connectivity index (χ0n) is 34.3. The van der Waals surface area contributed by atoms with Crippen LogP contribution in [0.25, 0.3) is 0 Å². The molecule has 5 aromatic carbocycles. The lowest BCUT2D eigenvalue weighted by Gasteiger charge is -2.41. The molecule has 5 aromatic rings. The van der Waals surface area contributed by atoms with Gasteiger partial charge in [0.25, 0.3) is 0 Å². The smallest absolute Gasteiger partial charge is 0.118 e.